The molecule has 0 aliphatic rings. The third-order valence-corrected chi connectivity index (χ3v) is 1.67. The van der Waals surface area contributed by atoms with E-state index in [0.717, 1.165) is 0 Å². The fraction of sp³-hybridized carbons (Fsp3) is 0.300. The Morgan fingerprint density at radius 1 is 1.40 bits per heavy atom. The summed E-state index contributed by atoms with van der Waals surface area (Å²) in [7, 11) is 1.49. The molecule has 0 spiro atoms. The maximum Gasteiger partial charge on any atom is 0.381 e. The molecule has 0 atom stereocenters. The van der Waals surface area contributed by atoms with Crippen molar-refractivity contribution < 1.29 is 19.1 Å². The van der Waals surface area contributed by atoms with Crippen molar-refractivity contribution in [2.45, 2.75) is 6.92 Å². The lowest BCUT2D eigenvalue weighted by Gasteiger charge is -2.01. The number of rotatable bonds is 4. The summed E-state index contributed by atoms with van der Waals surface area (Å²) in [4.78, 5) is 26.2. The summed E-state index contributed by atoms with van der Waals surface area (Å²) < 4.78 is 9.42. The lowest BCUT2D eigenvalue weighted by molar-refractivity contribution is -0.137. The molecule has 0 fully saturated rings. The van der Waals surface area contributed by atoms with Crippen molar-refractivity contribution in [3.05, 3.63) is 24.0 Å². The van der Waals surface area contributed by atoms with Gasteiger partial charge in [-0.3, -0.25) is 4.79 Å². The highest BCUT2D eigenvalue weighted by Crippen LogP contribution is 2.08. The predicted octanol–water partition coefficient (Wildman–Crippen LogP) is 0.836. The number of hydrogen-bond acceptors (Lipinski definition) is 5. The molecule has 5 nitrogen and oxygen atoms in total. The zero-order valence-electron chi connectivity index (χ0n) is 8.52. The molecule has 0 saturated carbocycles. The van der Waals surface area contributed by atoms with Gasteiger partial charge in [-0.25, -0.2) is 9.78 Å². The van der Waals surface area contributed by atoms with E-state index in [4.69, 9.17) is 4.74 Å². The SMILES string of the molecule is CCOC(=O)C(=O)c1ccc(OC)cn1. The van der Waals surface area contributed by atoms with Crippen molar-refractivity contribution in [1.82, 2.24) is 4.98 Å². The van der Waals surface area contributed by atoms with E-state index in [1.165, 1.54) is 19.4 Å². The molecule has 1 heterocycles. The number of Topliss-reactive ketones (excluding diaryl/α,β-unsaturated/α-hetero) is 1. The van der Waals surface area contributed by atoms with Crippen LogP contribution in [0.3, 0.4) is 0 Å². The fourth-order valence-electron chi connectivity index (χ4n) is 0.937. The Balaban J connectivity index is 2.78. The minimum atomic E-state index is -0.893. The second-order valence-corrected chi connectivity index (χ2v) is 2.63. The summed E-state index contributed by atoms with van der Waals surface area (Å²) in [6, 6.07) is 2.97. The van der Waals surface area contributed by atoms with E-state index < -0.39 is 11.8 Å². The highest BCUT2D eigenvalue weighted by molar-refractivity contribution is 6.40. The van der Waals surface area contributed by atoms with E-state index in [-0.39, 0.29) is 12.3 Å². The molecule has 5 heteroatoms. The molecule has 1 aromatic heterocycles. The number of ketones is 1. The van der Waals surface area contributed by atoms with E-state index in [0.29, 0.717) is 5.75 Å². The van der Waals surface area contributed by atoms with Gasteiger partial charge in [0.15, 0.2) is 0 Å². The summed E-state index contributed by atoms with van der Waals surface area (Å²) in [6.07, 6.45) is 1.37. The number of methoxy groups -OCH3 is 1. The second-order valence-electron chi connectivity index (χ2n) is 2.63. The normalized spacial score (nSPS) is 9.47. The molecule has 0 saturated heterocycles. The van der Waals surface area contributed by atoms with Crippen LogP contribution in [-0.2, 0) is 9.53 Å². The molecule has 0 aliphatic heterocycles. The van der Waals surface area contributed by atoms with Gasteiger partial charge in [-0.05, 0) is 19.1 Å². The molecule has 0 amide bonds. The molecule has 0 radical (unpaired) electrons. The van der Waals surface area contributed by atoms with E-state index in [9.17, 15) is 9.59 Å². The number of pyridine rings is 1. The highest BCUT2D eigenvalue weighted by Gasteiger charge is 2.18. The molecular formula is C10H11NO4. The molecule has 0 aliphatic carbocycles. The Kier molecular flexibility index (Phi) is 3.79. The van der Waals surface area contributed by atoms with Gasteiger partial charge in [-0.15, -0.1) is 0 Å². The first-order chi connectivity index (χ1) is 7.19. The number of ether oxygens (including phenoxy) is 2. The van der Waals surface area contributed by atoms with Gasteiger partial charge in [0.05, 0.1) is 19.9 Å². The summed E-state index contributed by atoms with van der Waals surface area (Å²) in [6.45, 7) is 1.80. The van der Waals surface area contributed by atoms with Crippen molar-refractivity contribution in [1.29, 1.82) is 0 Å². The van der Waals surface area contributed by atoms with Gasteiger partial charge in [0.2, 0.25) is 0 Å². The molecule has 0 aromatic carbocycles. The van der Waals surface area contributed by atoms with Crippen LogP contribution in [0.4, 0.5) is 0 Å². The smallest absolute Gasteiger partial charge is 0.381 e. The van der Waals surface area contributed by atoms with Gasteiger partial charge in [0.25, 0.3) is 5.78 Å². The maximum atomic E-state index is 11.4. The van der Waals surface area contributed by atoms with E-state index in [1.807, 2.05) is 0 Å². The van der Waals surface area contributed by atoms with Crippen molar-refractivity contribution >= 4 is 11.8 Å². The first kappa shape index (κ1) is 11.2. The van der Waals surface area contributed by atoms with Gasteiger partial charge < -0.3 is 9.47 Å². The Labute approximate surface area is 87.0 Å². The lowest BCUT2D eigenvalue weighted by Crippen LogP contribution is -2.18. The monoisotopic (exact) mass is 209 g/mol. The van der Waals surface area contributed by atoms with Gasteiger partial charge in [0.1, 0.15) is 11.4 Å². The minimum absolute atomic E-state index is 0.0502. The highest BCUT2D eigenvalue weighted by atomic mass is 16.5. The van der Waals surface area contributed by atoms with Crippen molar-refractivity contribution in [3.63, 3.8) is 0 Å². The predicted molar refractivity (Wildman–Crippen MR) is 51.8 cm³/mol. The van der Waals surface area contributed by atoms with E-state index in [1.54, 1.807) is 13.0 Å². The number of carbonyl (C=O) groups excluding carboxylic acids is 2. The maximum absolute atomic E-state index is 11.4. The van der Waals surface area contributed by atoms with Gasteiger partial charge >= 0.3 is 5.97 Å². The first-order valence-corrected chi connectivity index (χ1v) is 4.40. The molecule has 1 aromatic rings. The van der Waals surface area contributed by atoms with Crippen molar-refractivity contribution in [3.8, 4) is 5.75 Å². The minimum Gasteiger partial charge on any atom is -0.495 e. The lowest BCUT2D eigenvalue weighted by atomic mass is 10.2. The third kappa shape index (κ3) is 2.77. The van der Waals surface area contributed by atoms with Crippen LogP contribution in [0.5, 0.6) is 5.75 Å². The van der Waals surface area contributed by atoms with E-state index >= 15 is 0 Å². The zero-order valence-corrected chi connectivity index (χ0v) is 8.52. The largest absolute Gasteiger partial charge is 0.495 e. The van der Waals surface area contributed by atoms with Crippen LogP contribution < -0.4 is 4.74 Å². The number of hydrogen-bond donors (Lipinski definition) is 0. The molecule has 0 N–H and O–H groups in total. The molecule has 0 unspecified atom stereocenters. The van der Waals surface area contributed by atoms with Crippen LogP contribution in [0.2, 0.25) is 0 Å². The molecule has 15 heavy (non-hydrogen) atoms. The average Bonchev–Trinajstić information content (AvgIpc) is 2.28. The van der Waals surface area contributed by atoms with Crippen LogP contribution in [-0.4, -0.2) is 30.5 Å². The Morgan fingerprint density at radius 3 is 2.60 bits per heavy atom. The fourth-order valence-corrected chi connectivity index (χ4v) is 0.937. The van der Waals surface area contributed by atoms with Crippen LogP contribution in [0.1, 0.15) is 17.4 Å². The van der Waals surface area contributed by atoms with Gasteiger partial charge in [-0.1, -0.05) is 0 Å². The van der Waals surface area contributed by atoms with Gasteiger partial charge in [0, 0.05) is 0 Å². The quantitative estimate of drug-likeness (QED) is 0.417. The molecular weight excluding hydrogens is 198 g/mol. The Bertz CT molecular complexity index is 358. The van der Waals surface area contributed by atoms with E-state index in [2.05, 4.69) is 9.72 Å². The summed E-state index contributed by atoms with van der Waals surface area (Å²) in [5, 5.41) is 0. The molecule has 80 valence electrons. The van der Waals surface area contributed by atoms with Crippen LogP contribution in [0, 0.1) is 0 Å². The Hall–Kier alpha value is -1.91. The zero-order chi connectivity index (χ0) is 11.3. The first-order valence-electron chi connectivity index (χ1n) is 4.40. The van der Waals surface area contributed by atoms with Crippen LogP contribution in [0.15, 0.2) is 18.3 Å². The third-order valence-electron chi connectivity index (χ3n) is 1.67. The Morgan fingerprint density at radius 2 is 2.13 bits per heavy atom. The topological polar surface area (TPSA) is 65.5 Å². The van der Waals surface area contributed by atoms with Gasteiger partial charge in [-0.2, -0.15) is 0 Å². The number of carbonyl (C=O) groups is 2. The molecule has 1 rings (SSSR count). The average molecular weight is 209 g/mol. The summed E-state index contributed by atoms with van der Waals surface area (Å²) >= 11 is 0. The van der Waals surface area contributed by atoms with Crippen LogP contribution in [0.25, 0.3) is 0 Å². The van der Waals surface area contributed by atoms with Crippen molar-refractivity contribution in [2.75, 3.05) is 13.7 Å². The number of nitrogens with zero attached hydrogens (tertiary/aromatic N) is 1. The summed E-state index contributed by atoms with van der Waals surface area (Å²) in [5.41, 5.74) is 0.0502. The second kappa shape index (κ2) is 5.09. The molecule has 0 bridgehead atoms. The van der Waals surface area contributed by atoms with Crippen molar-refractivity contribution in [2.24, 2.45) is 0 Å². The standard InChI is InChI=1S/C10H11NO4/c1-3-15-10(13)9(12)8-5-4-7(14-2)6-11-8/h4-6H,3H2,1-2H3. The van der Waals surface area contributed by atoms with Crippen LogP contribution >= 0.6 is 0 Å². The summed E-state index contributed by atoms with van der Waals surface area (Å²) in [5.74, 6) is -1.12. The number of aromatic nitrogens is 1. The number of esters is 1.